The summed E-state index contributed by atoms with van der Waals surface area (Å²) in [7, 11) is 0. The number of nitrogens with one attached hydrogen (secondary N) is 1. The van der Waals surface area contributed by atoms with E-state index < -0.39 is 0 Å². The molecule has 1 aliphatic rings. The minimum Gasteiger partial charge on any atom is -0.383 e. The summed E-state index contributed by atoms with van der Waals surface area (Å²) in [5.74, 6) is 0.845. The fraction of sp³-hybridized carbons (Fsp3) is 0.615. The van der Waals surface area contributed by atoms with Gasteiger partial charge in [-0.25, -0.2) is 14.6 Å². The van der Waals surface area contributed by atoms with Crippen molar-refractivity contribution in [2.24, 2.45) is 0 Å². The van der Waals surface area contributed by atoms with Crippen LogP contribution in [0.4, 0.5) is 5.82 Å². The first kappa shape index (κ1) is 12.3. The quantitative estimate of drug-likeness (QED) is 0.854. The maximum Gasteiger partial charge on any atom is 0.163 e. The van der Waals surface area contributed by atoms with E-state index in [1.54, 1.807) is 0 Å². The predicted molar refractivity (Wildman–Crippen MR) is 75.0 cm³/mol. The summed E-state index contributed by atoms with van der Waals surface area (Å²) in [6, 6.07) is 0.359. The second-order valence-electron chi connectivity index (χ2n) is 5.44. The molecule has 6 nitrogen and oxygen atoms in total. The fourth-order valence-corrected chi connectivity index (χ4v) is 2.72. The molecule has 2 aromatic heterocycles. The molecule has 1 unspecified atom stereocenters. The Morgan fingerprint density at radius 3 is 2.95 bits per heavy atom. The van der Waals surface area contributed by atoms with Crippen LogP contribution in [0.5, 0.6) is 0 Å². The Hall–Kier alpha value is -1.69. The zero-order valence-corrected chi connectivity index (χ0v) is 11.4. The molecular weight excluding hydrogens is 240 g/mol. The zero-order chi connectivity index (χ0) is 13.4. The van der Waals surface area contributed by atoms with Gasteiger partial charge in [0.1, 0.15) is 12.1 Å². The first-order valence-corrected chi connectivity index (χ1v) is 6.87. The summed E-state index contributed by atoms with van der Waals surface area (Å²) >= 11 is 0. The van der Waals surface area contributed by atoms with Gasteiger partial charge >= 0.3 is 0 Å². The van der Waals surface area contributed by atoms with Crippen molar-refractivity contribution in [1.82, 2.24) is 25.1 Å². The average Bonchev–Trinajstić information content (AvgIpc) is 2.81. The molecule has 3 heterocycles. The second-order valence-corrected chi connectivity index (χ2v) is 5.44. The Labute approximate surface area is 112 Å². The smallest absolute Gasteiger partial charge is 0.163 e. The third-order valence-corrected chi connectivity index (χ3v) is 3.71. The molecule has 0 amide bonds. The number of hydrogen-bond donors (Lipinski definition) is 2. The lowest BCUT2D eigenvalue weighted by molar-refractivity contribution is 0.351. The van der Waals surface area contributed by atoms with E-state index in [1.165, 1.54) is 12.7 Å². The molecule has 0 saturated carbocycles. The molecule has 6 heteroatoms. The van der Waals surface area contributed by atoms with Crippen LogP contribution in [-0.4, -0.2) is 32.8 Å². The van der Waals surface area contributed by atoms with E-state index >= 15 is 0 Å². The second kappa shape index (κ2) is 4.77. The van der Waals surface area contributed by atoms with E-state index in [-0.39, 0.29) is 0 Å². The highest BCUT2D eigenvalue weighted by molar-refractivity contribution is 5.88. The van der Waals surface area contributed by atoms with Gasteiger partial charge in [0.05, 0.1) is 17.1 Å². The largest absolute Gasteiger partial charge is 0.383 e. The van der Waals surface area contributed by atoms with E-state index in [1.807, 2.05) is 4.68 Å². The summed E-state index contributed by atoms with van der Waals surface area (Å²) in [6.45, 7) is 6.28. The van der Waals surface area contributed by atoms with Crippen molar-refractivity contribution in [2.75, 3.05) is 18.8 Å². The first-order valence-electron chi connectivity index (χ1n) is 6.87. The molecular formula is C13H20N6. The number of nitrogens with zero attached hydrogens (tertiary/aromatic N) is 4. The van der Waals surface area contributed by atoms with Gasteiger partial charge < -0.3 is 11.1 Å². The summed E-state index contributed by atoms with van der Waals surface area (Å²) in [5, 5.41) is 9.10. The molecule has 0 bridgehead atoms. The molecule has 2 aromatic rings. The topological polar surface area (TPSA) is 81.7 Å². The Bertz CT molecular complexity index is 582. The molecule has 0 radical (unpaired) electrons. The SMILES string of the molecule is CC(C)c1nn(C2CCCNC2)c2ncnc(N)c12. The summed E-state index contributed by atoms with van der Waals surface area (Å²) in [5.41, 5.74) is 7.88. The number of aromatic nitrogens is 4. The van der Waals surface area contributed by atoms with Crippen molar-refractivity contribution in [2.45, 2.75) is 38.6 Å². The molecule has 1 fully saturated rings. The number of fused-ring (bicyclic) bond motifs is 1. The Morgan fingerprint density at radius 1 is 1.42 bits per heavy atom. The maximum absolute atomic E-state index is 6.02. The van der Waals surface area contributed by atoms with Crippen LogP contribution in [0, 0.1) is 0 Å². The summed E-state index contributed by atoms with van der Waals surface area (Å²) in [4.78, 5) is 8.51. The van der Waals surface area contributed by atoms with Crippen LogP contribution < -0.4 is 11.1 Å². The molecule has 0 aromatic carbocycles. The van der Waals surface area contributed by atoms with Gasteiger partial charge in [0.15, 0.2) is 5.65 Å². The molecule has 1 aliphatic heterocycles. The molecule has 102 valence electrons. The van der Waals surface area contributed by atoms with Crippen LogP contribution in [0.3, 0.4) is 0 Å². The Kier molecular flexibility index (Phi) is 3.10. The Balaban J connectivity index is 2.16. The summed E-state index contributed by atoms with van der Waals surface area (Å²) < 4.78 is 2.04. The monoisotopic (exact) mass is 260 g/mol. The minimum absolute atomic E-state index is 0.314. The molecule has 1 atom stereocenters. The van der Waals surface area contributed by atoms with Crippen LogP contribution >= 0.6 is 0 Å². The van der Waals surface area contributed by atoms with Gasteiger partial charge in [0.2, 0.25) is 0 Å². The van der Waals surface area contributed by atoms with Crippen LogP contribution in [0.2, 0.25) is 0 Å². The number of nitrogen functional groups attached to an aromatic ring is 1. The van der Waals surface area contributed by atoms with Crippen LogP contribution in [0.1, 0.15) is 44.3 Å². The van der Waals surface area contributed by atoms with Gasteiger partial charge in [-0.2, -0.15) is 5.10 Å². The van der Waals surface area contributed by atoms with Crippen molar-refractivity contribution < 1.29 is 0 Å². The van der Waals surface area contributed by atoms with E-state index in [2.05, 4.69) is 29.1 Å². The van der Waals surface area contributed by atoms with E-state index in [0.717, 1.165) is 36.2 Å². The van der Waals surface area contributed by atoms with Crippen LogP contribution in [-0.2, 0) is 0 Å². The normalized spacial score (nSPS) is 20.3. The van der Waals surface area contributed by atoms with Gasteiger partial charge in [0, 0.05) is 6.54 Å². The van der Waals surface area contributed by atoms with Crippen molar-refractivity contribution in [1.29, 1.82) is 0 Å². The van der Waals surface area contributed by atoms with E-state index in [9.17, 15) is 0 Å². The number of piperidine rings is 1. The van der Waals surface area contributed by atoms with Crippen LogP contribution in [0.25, 0.3) is 11.0 Å². The van der Waals surface area contributed by atoms with Crippen LogP contribution in [0.15, 0.2) is 6.33 Å². The van der Waals surface area contributed by atoms with Crippen molar-refractivity contribution in [3.05, 3.63) is 12.0 Å². The molecule has 19 heavy (non-hydrogen) atoms. The lowest BCUT2D eigenvalue weighted by Gasteiger charge is -2.23. The number of nitrogens with two attached hydrogens (primary N) is 1. The van der Waals surface area contributed by atoms with E-state index in [0.29, 0.717) is 17.8 Å². The van der Waals surface area contributed by atoms with Crippen molar-refractivity contribution in [3.63, 3.8) is 0 Å². The van der Waals surface area contributed by atoms with Gasteiger partial charge in [-0.3, -0.25) is 0 Å². The summed E-state index contributed by atoms with van der Waals surface area (Å²) in [6.07, 6.45) is 3.82. The highest BCUT2D eigenvalue weighted by Crippen LogP contribution is 2.30. The van der Waals surface area contributed by atoms with Gasteiger partial charge in [-0.15, -0.1) is 0 Å². The molecule has 0 spiro atoms. The minimum atomic E-state index is 0.314. The third kappa shape index (κ3) is 2.06. The molecule has 1 saturated heterocycles. The highest BCUT2D eigenvalue weighted by atomic mass is 15.3. The van der Waals surface area contributed by atoms with Gasteiger partial charge in [-0.1, -0.05) is 13.8 Å². The number of rotatable bonds is 2. The standard InChI is InChI=1S/C13H20N6/c1-8(2)11-10-12(14)16-7-17-13(10)19(18-11)9-4-3-5-15-6-9/h7-9,15H,3-6H2,1-2H3,(H2,14,16,17). The van der Waals surface area contributed by atoms with Crippen molar-refractivity contribution in [3.8, 4) is 0 Å². The first-order chi connectivity index (χ1) is 9.18. The van der Waals surface area contributed by atoms with Gasteiger partial charge in [-0.05, 0) is 25.3 Å². The zero-order valence-electron chi connectivity index (χ0n) is 11.4. The molecule has 0 aliphatic carbocycles. The third-order valence-electron chi connectivity index (χ3n) is 3.71. The number of hydrogen-bond acceptors (Lipinski definition) is 5. The predicted octanol–water partition coefficient (Wildman–Crippen LogP) is 1.46. The lowest BCUT2D eigenvalue weighted by Crippen LogP contribution is -2.32. The average molecular weight is 260 g/mol. The Morgan fingerprint density at radius 2 is 2.26 bits per heavy atom. The fourth-order valence-electron chi connectivity index (χ4n) is 2.72. The van der Waals surface area contributed by atoms with Gasteiger partial charge in [0.25, 0.3) is 0 Å². The highest BCUT2D eigenvalue weighted by Gasteiger charge is 2.23. The van der Waals surface area contributed by atoms with E-state index in [4.69, 9.17) is 10.8 Å². The molecule has 3 rings (SSSR count). The lowest BCUT2D eigenvalue weighted by atomic mass is 10.1. The molecule has 3 N–H and O–H groups in total. The van der Waals surface area contributed by atoms with Crippen molar-refractivity contribution >= 4 is 16.9 Å². The number of anilines is 1. The maximum atomic E-state index is 6.02.